The molecule has 0 amide bonds. The summed E-state index contributed by atoms with van der Waals surface area (Å²) in [5, 5.41) is 3.48. The smallest absolute Gasteiger partial charge is 0.123 e. The fourth-order valence-electron chi connectivity index (χ4n) is 2.59. The first-order chi connectivity index (χ1) is 8.31. The Morgan fingerprint density at radius 1 is 1.18 bits per heavy atom. The topological polar surface area (TPSA) is 30.5 Å². The Kier molecular flexibility index (Phi) is 2.86. The number of hydrogen-bond donors (Lipinski definition) is 1. The van der Waals surface area contributed by atoms with Gasteiger partial charge in [0.15, 0.2) is 0 Å². The second kappa shape index (κ2) is 4.37. The SMILES string of the molecule is Fc1ccc(C2(C3COCCN3)COC2)cc1. The van der Waals surface area contributed by atoms with Crippen molar-refractivity contribution in [1.82, 2.24) is 5.32 Å². The van der Waals surface area contributed by atoms with Crippen LogP contribution >= 0.6 is 0 Å². The Bertz CT molecular complexity index is 383. The first-order valence-electron chi connectivity index (χ1n) is 5.96. The monoisotopic (exact) mass is 237 g/mol. The predicted molar refractivity (Wildman–Crippen MR) is 61.5 cm³/mol. The molecule has 3 nitrogen and oxygen atoms in total. The first kappa shape index (κ1) is 11.1. The van der Waals surface area contributed by atoms with E-state index in [4.69, 9.17) is 9.47 Å². The molecule has 3 rings (SSSR count). The molecule has 2 fully saturated rings. The van der Waals surface area contributed by atoms with Crippen LogP contribution in [0, 0.1) is 5.82 Å². The number of rotatable bonds is 2. The van der Waals surface area contributed by atoms with Gasteiger partial charge in [-0.25, -0.2) is 4.39 Å². The largest absolute Gasteiger partial charge is 0.379 e. The first-order valence-corrected chi connectivity index (χ1v) is 5.96. The summed E-state index contributed by atoms with van der Waals surface area (Å²) < 4.78 is 23.9. The van der Waals surface area contributed by atoms with Crippen molar-refractivity contribution in [3.63, 3.8) is 0 Å². The summed E-state index contributed by atoms with van der Waals surface area (Å²) in [6.07, 6.45) is 0. The van der Waals surface area contributed by atoms with Crippen molar-refractivity contribution in [1.29, 1.82) is 0 Å². The molecule has 2 heterocycles. The zero-order valence-electron chi connectivity index (χ0n) is 9.62. The summed E-state index contributed by atoms with van der Waals surface area (Å²) in [5.41, 5.74) is 1.09. The minimum atomic E-state index is -0.197. The molecule has 0 spiro atoms. The fraction of sp³-hybridized carbons (Fsp3) is 0.538. The average Bonchev–Trinajstić information content (AvgIpc) is 2.32. The average molecular weight is 237 g/mol. The van der Waals surface area contributed by atoms with E-state index < -0.39 is 0 Å². The standard InChI is InChI=1S/C13H16FNO2/c14-11-3-1-10(2-4-11)13(8-17-9-13)12-7-16-6-5-15-12/h1-4,12,15H,5-9H2. The molecule has 0 saturated carbocycles. The van der Waals surface area contributed by atoms with Gasteiger partial charge in [-0.3, -0.25) is 0 Å². The van der Waals surface area contributed by atoms with E-state index in [1.165, 1.54) is 12.1 Å². The van der Waals surface area contributed by atoms with E-state index in [1.807, 2.05) is 12.1 Å². The van der Waals surface area contributed by atoms with E-state index in [-0.39, 0.29) is 17.3 Å². The summed E-state index contributed by atoms with van der Waals surface area (Å²) in [7, 11) is 0. The van der Waals surface area contributed by atoms with Gasteiger partial charge < -0.3 is 14.8 Å². The lowest BCUT2D eigenvalue weighted by Crippen LogP contribution is -2.63. The Morgan fingerprint density at radius 2 is 1.94 bits per heavy atom. The third-order valence-corrected chi connectivity index (χ3v) is 3.73. The maximum atomic E-state index is 13.0. The van der Waals surface area contributed by atoms with Crippen molar-refractivity contribution in [2.75, 3.05) is 33.0 Å². The van der Waals surface area contributed by atoms with Gasteiger partial charge in [-0.15, -0.1) is 0 Å². The molecule has 1 aromatic rings. The minimum Gasteiger partial charge on any atom is -0.379 e. The lowest BCUT2D eigenvalue weighted by Gasteiger charge is -2.49. The highest BCUT2D eigenvalue weighted by Gasteiger charge is 2.47. The quantitative estimate of drug-likeness (QED) is 0.835. The van der Waals surface area contributed by atoms with Crippen LogP contribution in [0.3, 0.4) is 0 Å². The molecule has 92 valence electrons. The molecule has 4 heteroatoms. The van der Waals surface area contributed by atoms with E-state index in [2.05, 4.69) is 5.32 Å². The zero-order valence-corrected chi connectivity index (χ0v) is 9.62. The van der Waals surface area contributed by atoms with Crippen LogP contribution in [0.5, 0.6) is 0 Å². The van der Waals surface area contributed by atoms with Gasteiger partial charge in [0.05, 0.1) is 31.8 Å². The second-order valence-corrected chi connectivity index (χ2v) is 4.74. The molecule has 1 aromatic carbocycles. The van der Waals surface area contributed by atoms with E-state index in [1.54, 1.807) is 0 Å². The van der Waals surface area contributed by atoms with Crippen molar-refractivity contribution in [3.8, 4) is 0 Å². The number of benzene rings is 1. The Hall–Kier alpha value is -0.970. The predicted octanol–water partition coefficient (Wildman–Crippen LogP) is 1.08. The van der Waals surface area contributed by atoms with Gasteiger partial charge in [-0.1, -0.05) is 12.1 Å². The van der Waals surface area contributed by atoms with Crippen molar-refractivity contribution in [2.24, 2.45) is 0 Å². The summed E-state index contributed by atoms with van der Waals surface area (Å²) >= 11 is 0. The molecule has 1 N–H and O–H groups in total. The molecule has 2 aliphatic heterocycles. The van der Waals surface area contributed by atoms with Crippen LogP contribution in [0.4, 0.5) is 4.39 Å². The molecule has 1 unspecified atom stereocenters. The highest BCUT2D eigenvalue weighted by molar-refractivity contribution is 5.31. The van der Waals surface area contributed by atoms with E-state index in [0.717, 1.165) is 18.7 Å². The van der Waals surface area contributed by atoms with Crippen LogP contribution in [0.1, 0.15) is 5.56 Å². The van der Waals surface area contributed by atoms with Crippen LogP contribution in [0.15, 0.2) is 24.3 Å². The number of morpholine rings is 1. The molecule has 0 radical (unpaired) electrons. The molecule has 2 aliphatic rings. The van der Waals surface area contributed by atoms with Gasteiger partial charge in [-0.2, -0.15) is 0 Å². The van der Waals surface area contributed by atoms with Gasteiger partial charge in [0.25, 0.3) is 0 Å². The Labute approximate surface area is 99.9 Å². The van der Waals surface area contributed by atoms with Crippen molar-refractivity contribution < 1.29 is 13.9 Å². The van der Waals surface area contributed by atoms with E-state index in [9.17, 15) is 4.39 Å². The zero-order chi connectivity index (χ0) is 11.7. The van der Waals surface area contributed by atoms with Crippen LogP contribution in [0.25, 0.3) is 0 Å². The van der Waals surface area contributed by atoms with Crippen LogP contribution in [-0.2, 0) is 14.9 Å². The molecule has 0 aliphatic carbocycles. The van der Waals surface area contributed by atoms with Gasteiger partial charge in [0.1, 0.15) is 5.82 Å². The Morgan fingerprint density at radius 3 is 2.47 bits per heavy atom. The van der Waals surface area contributed by atoms with Crippen LogP contribution in [-0.4, -0.2) is 39.0 Å². The molecule has 1 atom stereocenters. The number of halogens is 1. The fourth-order valence-corrected chi connectivity index (χ4v) is 2.59. The second-order valence-electron chi connectivity index (χ2n) is 4.74. The summed E-state index contributed by atoms with van der Waals surface area (Å²) in [5.74, 6) is -0.197. The Balaban J connectivity index is 1.87. The van der Waals surface area contributed by atoms with E-state index in [0.29, 0.717) is 19.8 Å². The molecular formula is C13H16FNO2. The van der Waals surface area contributed by atoms with Gasteiger partial charge >= 0.3 is 0 Å². The number of nitrogens with one attached hydrogen (secondary N) is 1. The minimum absolute atomic E-state index is 0.0475. The van der Waals surface area contributed by atoms with Gasteiger partial charge in [0.2, 0.25) is 0 Å². The van der Waals surface area contributed by atoms with Crippen LogP contribution < -0.4 is 5.32 Å². The molecule has 0 aromatic heterocycles. The molecular weight excluding hydrogens is 221 g/mol. The van der Waals surface area contributed by atoms with E-state index >= 15 is 0 Å². The summed E-state index contributed by atoms with van der Waals surface area (Å²) in [4.78, 5) is 0. The highest BCUT2D eigenvalue weighted by atomic mass is 19.1. The van der Waals surface area contributed by atoms with Gasteiger partial charge in [0, 0.05) is 12.6 Å². The molecule has 2 saturated heterocycles. The maximum absolute atomic E-state index is 13.0. The third-order valence-electron chi connectivity index (χ3n) is 3.73. The number of ether oxygens (including phenoxy) is 2. The van der Waals surface area contributed by atoms with Gasteiger partial charge in [-0.05, 0) is 17.7 Å². The molecule has 0 bridgehead atoms. The third kappa shape index (κ3) is 1.86. The maximum Gasteiger partial charge on any atom is 0.123 e. The van der Waals surface area contributed by atoms with Crippen molar-refractivity contribution in [2.45, 2.75) is 11.5 Å². The van der Waals surface area contributed by atoms with Crippen LogP contribution in [0.2, 0.25) is 0 Å². The number of hydrogen-bond acceptors (Lipinski definition) is 3. The van der Waals surface area contributed by atoms with Crippen molar-refractivity contribution in [3.05, 3.63) is 35.6 Å². The normalized spacial score (nSPS) is 27.5. The summed E-state index contributed by atoms with van der Waals surface area (Å²) in [6.45, 7) is 3.69. The molecule has 17 heavy (non-hydrogen) atoms. The van der Waals surface area contributed by atoms with Crippen molar-refractivity contribution >= 4 is 0 Å². The summed E-state index contributed by atoms with van der Waals surface area (Å²) in [6, 6.07) is 7.00. The highest BCUT2D eigenvalue weighted by Crippen LogP contribution is 2.36. The lowest BCUT2D eigenvalue weighted by atomic mass is 9.72. The lowest BCUT2D eigenvalue weighted by molar-refractivity contribution is -0.101.